The van der Waals surface area contributed by atoms with Crippen molar-refractivity contribution in [3.8, 4) is 5.75 Å². The van der Waals surface area contributed by atoms with Crippen LogP contribution in [0.1, 0.15) is 5.56 Å². The van der Waals surface area contributed by atoms with E-state index in [0.29, 0.717) is 0 Å². The van der Waals surface area contributed by atoms with Crippen molar-refractivity contribution < 1.29 is 15.0 Å². The van der Waals surface area contributed by atoms with E-state index in [9.17, 15) is 4.79 Å². The molecule has 12 heavy (non-hydrogen) atoms. The van der Waals surface area contributed by atoms with Gasteiger partial charge in [0.05, 0.1) is 0 Å². The molecule has 4 nitrogen and oxygen atoms in total. The van der Waals surface area contributed by atoms with Gasteiger partial charge in [-0.15, -0.1) is 0 Å². The average Bonchev–Trinajstić information content (AvgIpc) is 2.04. The Morgan fingerprint density at radius 3 is 2.50 bits per heavy atom. The highest BCUT2D eigenvalue weighted by molar-refractivity contribution is 6.41. The second-order valence-electron chi connectivity index (χ2n) is 2.23. The first-order valence-corrected chi connectivity index (χ1v) is 3.26. The summed E-state index contributed by atoms with van der Waals surface area (Å²) < 4.78 is 0. The minimum atomic E-state index is -1.31. The van der Waals surface area contributed by atoms with Crippen molar-refractivity contribution in [2.45, 2.75) is 0 Å². The van der Waals surface area contributed by atoms with Gasteiger partial charge in [0.15, 0.2) is 5.71 Å². The van der Waals surface area contributed by atoms with E-state index >= 15 is 0 Å². The summed E-state index contributed by atoms with van der Waals surface area (Å²) in [5.41, 5.74) is -0.398. The van der Waals surface area contributed by atoms with Crippen LogP contribution in [0, 0.1) is 5.41 Å². The lowest BCUT2D eigenvalue weighted by Crippen LogP contribution is -2.12. The number of carboxylic acid groups (broad SMARTS) is 1. The zero-order chi connectivity index (χ0) is 9.14. The Kier molecular flexibility index (Phi) is 2.09. The van der Waals surface area contributed by atoms with Gasteiger partial charge in [-0.2, -0.15) is 0 Å². The van der Waals surface area contributed by atoms with Crippen LogP contribution in [-0.2, 0) is 4.79 Å². The molecule has 0 radical (unpaired) electrons. The van der Waals surface area contributed by atoms with Crippen LogP contribution in [0.15, 0.2) is 24.3 Å². The molecule has 4 N–H and O–H groups in total. The second-order valence-corrected chi connectivity index (χ2v) is 2.23. The second kappa shape index (κ2) is 3.04. The van der Waals surface area contributed by atoms with Crippen LogP contribution in [0.2, 0.25) is 0 Å². The topological polar surface area (TPSA) is 84.1 Å². The van der Waals surface area contributed by atoms with E-state index in [1.54, 1.807) is 12.1 Å². The molecule has 62 valence electrons. The van der Waals surface area contributed by atoms with Crippen molar-refractivity contribution >= 4 is 11.7 Å². The van der Waals surface area contributed by atoms with Crippen molar-refractivity contribution in [3.05, 3.63) is 29.8 Å². The minimum Gasteiger partial charge on any atom is -0.593 e. The first kappa shape index (κ1) is 8.26. The lowest BCUT2D eigenvalue weighted by molar-refractivity contribution is -0.129. The van der Waals surface area contributed by atoms with Gasteiger partial charge < -0.3 is 10.2 Å². The molecule has 1 rings (SSSR count). The van der Waals surface area contributed by atoms with Crippen molar-refractivity contribution in [3.63, 3.8) is 0 Å². The summed E-state index contributed by atoms with van der Waals surface area (Å²) in [5.74, 6) is -1.25. The Balaban J connectivity index is 3.11. The van der Waals surface area contributed by atoms with Gasteiger partial charge in [-0.1, -0.05) is 12.1 Å². The smallest absolute Gasteiger partial charge is 0.354 e. The van der Waals surface area contributed by atoms with Crippen molar-refractivity contribution in [2.24, 2.45) is 0 Å². The monoisotopic (exact) mass is 166 g/mol. The SMILES string of the molecule is N=C(C(=O)O)c1ccccc1[OH2+]. The Hall–Kier alpha value is -1.84. The molecule has 1 aromatic rings. The third-order valence-electron chi connectivity index (χ3n) is 1.41. The van der Waals surface area contributed by atoms with Gasteiger partial charge in [0, 0.05) is 6.07 Å². The Morgan fingerprint density at radius 2 is 2.00 bits per heavy atom. The van der Waals surface area contributed by atoms with E-state index < -0.39 is 11.7 Å². The molecule has 0 aliphatic rings. The van der Waals surface area contributed by atoms with E-state index in [1.807, 2.05) is 0 Å². The zero-order valence-corrected chi connectivity index (χ0v) is 6.16. The fourth-order valence-electron chi connectivity index (χ4n) is 0.816. The molecule has 0 unspecified atom stereocenters. The van der Waals surface area contributed by atoms with Gasteiger partial charge in [0.1, 0.15) is 5.56 Å². The number of hydrogen-bond acceptors (Lipinski definition) is 2. The molecule has 0 saturated heterocycles. The standard InChI is InChI=1S/C8H7NO3/c9-7(8(11)12)5-3-1-2-4-6(5)10/h1-4,9-10H,(H,11,12)/p+1. The van der Waals surface area contributed by atoms with Gasteiger partial charge in [-0.05, 0) is 6.07 Å². The van der Waals surface area contributed by atoms with E-state index in [-0.39, 0.29) is 11.3 Å². The molecule has 0 heterocycles. The summed E-state index contributed by atoms with van der Waals surface area (Å²) in [4.78, 5) is 10.3. The minimum absolute atomic E-state index is 0.0601. The van der Waals surface area contributed by atoms with Crippen molar-refractivity contribution in [1.82, 2.24) is 0 Å². The maximum atomic E-state index is 10.3. The normalized spacial score (nSPS) is 9.33. The predicted molar refractivity (Wildman–Crippen MR) is 44.0 cm³/mol. The fraction of sp³-hybridized carbons (Fsp3) is 0. The summed E-state index contributed by atoms with van der Waals surface area (Å²) in [6.45, 7) is 0. The van der Waals surface area contributed by atoms with Gasteiger partial charge in [-0.3, -0.25) is 5.41 Å². The maximum absolute atomic E-state index is 10.3. The van der Waals surface area contributed by atoms with Gasteiger partial charge >= 0.3 is 5.97 Å². The first-order chi connectivity index (χ1) is 5.63. The van der Waals surface area contributed by atoms with Crippen LogP contribution in [-0.4, -0.2) is 21.9 Å². The Bertz CT molecular complexity index is 333. The molecule has 4 heteroatoms. The van der Waals surface area contributed by atoms with Crippen LogP contribution < -0.4 is 0 Å². The summed E-state index contributed by atoms with van der Waals surface area (Å²) in [7, 11) is 0. The number of rotatable bonds is 2. The van der Waals surface area contributed by atoms with E-state index in [2.05, 4.69) is 0 Å². The van der Waals surface area contributed by atoms with Gasteiger partial charge in [-0.25, -0.2) is 4.79 Å². The molecule has 0 fully saturated rings. The summed E-state index contributed by atoms with van der Waals surface area (Å²) >= 11 is 0. The van der Waals surface area contributed by atoms with E-state index in [1.165, 1.54) is 12.1 Å². The number of carboxylic acids is 1. The largest absolute Gasteiger partial charge is 0.593 e. The van der Waals surface area contributed by atoms with E-state index in [0.717, 1.165) is 0 Å². The number of nitrogens with one attached hydrogen (secondary N) is 1. The maximum Gasteiger partial charge on any atom is 0.354 e. The third-order valence-corrected chi connectivity index (χ3v) is 1.41. The van der Waals surface area contributed by atoms with Crippen molar-refractivity contribution in [2.75, 3.05) is 0 Å². The molecule has 0 amide bonds. The molecule has 0 atom stereocenters. The van der Waals surface area contributed by atoms with Crippen LogP contribution in [0.3, 0.4) is 0 Å². The molecular weight excluding hydrogens is 158 g/mol. The Morgan fingerprint density at radius 1 is 1.42 bits per heavy atom. The first-order valence-electron chi connectivity index (χ1n) is 3.26. The predicted octanol–water partition coefficient (Wildman–Crippen LogP) is 0.577. The Labute approximate surface area is 68.6 Å². The van der Waals surface area contributed by atoms with Gasteiger partial charge in [0.2, 0.25) is 0 Å². The van der Waals surface area contributed by atoms with Crippen LogP contribution >= 0.6 is 0 Å². The van der Waals surface area contributed by atoms with E-state index in [4.69, 9.17) is 15.6 Å². The molecule has 0 saturated carbocycles. The fourth-order valence-corrected chi connectivity index (χ4v) is 0.816. The highest BCUT2D eigenvalue weighted by atomic mass is 16.4. The number of para-hydroxylation sites is 1. The molecule has 0 bridgehead atoms. The number of benzene rings is 1. The van der Waals surface area contributed by atoms with Crippen LogP contribution in [0.25, 0.3) is 0 Å². The van der Waals surface area contributed by atoms with Crippen LogP contribution in [0.4, 0.5) is 0 Å². The number of hydrogen-bond donors (Lipinski definition) is 2. The molecular formula is C8H8NO3+. The third kappa shape index (κ3) is 1.42. The summed E-state index contributed by atoms with van der Waals surface area (Å²) in [6.07, 6.45) is 0. The van der Waals surface area contributed by atoms with Crippen molar-refractivity contribution in [1.29, 1.82) is 5.41 Å². The molecule has 0 aliphatic heterocycles. The highest BCUT2D eigenvalue weighted by Crippen LogP contribution is 2.15. The molecule has 1 aromatic carbocycles. The number of carbonyl (C=O) groups is 1. The van der Waals surface area contributed by atoms with Gasteiger partial charge in [0.25, 0.3) is 5.75 Å². The molecule has 0 aromatic heterocycles. The number of aliphatic carboxylic acids is 1. The zero-order valence-electron chi connectivity index (χ0n) is 6.16. The average molecular weight is 166 g/mol. The lowest BCUT2D eigenvalue weighted by atomic mass is 10.1. The molecule has 0 spiro atoms. The summed E-state index contributed by atoms with van der Waals surface area (Å²) in [5, 5.41) is 22.8. The molecule has 0 aliphatic carbocycles. The highest BCUT2D eigenvalue weighted by Gasteiger charge is 2.15. The quantitative estimate of drug-likeness (QED) is 0.497. The van der Waals surface area contributed by atoms with Crippen LogP contribution in [0.5, 0.6) is 5.75 Å². The lowest BCUT2D eigenvalue weighted by Gasteiger charge is -1.97. The summed E-state index contributed by atoms with van der Waals surface area (Å²) in [6, 6.07) is 6.12.